The minimum Gasteiger partial charge on any atom is -0.366 e. The number of hydrogen-bond donors (Lipinski definition) is 2. The number of benzene rings is 4. The number of nitrogens with two attached hydrogens (primary N) is 2. The molecule has 1 aliphatic rings. The van der Waals surface area contributed by atoms with E-state index in [-0.39, 0.29) is 0 Å². The maximum Gasteiger partial charge on any atom is 0.248 e. The van der Waals surface area contributed by atoms with Gasteiger partial charge in [-0.15, -0.1) is 0 Å². The van der Waals surface area contributed by atoms with Gasteiger partial charge in [0.05, 0.1) is 5.41 Å². The molecule has 4 N–H and O–H groups in total. The van der Waals surface area contributed by atoms with Crippen LogP contribution in [0, 0.1) is 0 Å². The maximum absolute atomic E-state index is 11.7. The molecule has 4 aromatic carbocycles. The van der Waals surface area contributed by atoms with Crippen LogP contribution in [0.25, 0.3) is 11.1 Å². The summed E-state index contributed by atoms with van der Waals surface area (Å²) in [5.74, 6) is -0.919. The van der Waals surface area contributed by atoms with E-state index < -0.39 is 17.2 Å². The molecular weight excluding hydrogens is 384 g/mol. The number of carbonyl (C=O) groups excluding carboxylic acids is 2. The second-order valence-corrected chi connectivity index (χ2v) is 7.72. The number of rotatable bonds is 4. The smallest absolute Gasteiger partial charge is 0.248 e. The van der Waals surface area contributed by atoms with Gasteiger partial charge in [0.1, 0.15) is 0 Å². The highest BCUT2D eigenvalue weighted by Gasteiger charge is 2.45. The first-order chi connectivity index (χ1) is 15.0. The van der Waals surface area contributed by atoms with Gasteiger partial charge in [-0.1, -0.05) is 72.8 Å². The first-order valence-electron chi connectivity index (χ1n) is 10.0. The lowest BCUT2D eigenvalue weighted by atomic mass is 9.67. The quantitative estimate of drug-likeness (QED) is 0.469. The van der Waals surface area contributed by atoms with Gasteiger partial charge in [0.15, 0.2) is 0 Å². The van der Waals surface area contributed by atoms with E-state index in [2.05, 4.69) is 24.3 Å². The topological polar surface area (TPSA) is 86.2 Å². The zero-order valence-corrected chi connectivity index (χ0v) is 16.7. The van der Waals surface area contributed by atoms with Crippen molar-refractivity contribution in [2.24, 2.45) is 11.5 Å². The lowest BCUT2D eigenvalue weighted by molar-refractivity contribution is 0.0992. The molecular formula is C27H20N2O2. The van der Waals surface area contributed by atoms with Gasteiger partial charge in [0, 0.05) is 11.1 Å². The van der Waals surface area contributed by atoms with Crippen LogP contribution < -0.4 is 11.5 Å². The summed E-state index contributed by atoms with van der Waals surface area (Å²) in [6.45, 7) is 0. The van der Waals surface area contributed by atoms with E-state index in [1.165, 1.54) is 0 Å². The van der Waals surface area contributed by atoms with E-state index in [1.54, 1.807) is 24.3 Å². The Kier molecular flexibility index (Phi) is 4.22. The zero-order valence-electron chi connectivity index (χ0n) is 16.7. The standard InChI is InChI=1S/C27H20N2O2/c28-25(30)17-9-13-19(14-10-17)27(20-15-11-18(12-16-20)26(29)31)23-7-3-1-5-21(23)22-6-2-4-8-24(22)27/h1-16H,(H2,28,30)(H2,29,31). The average molecular weight is 404 g/mol. The number of hydrogen-bond acceptors (Lipinski definition) is 2. The largest absolute Gasteiger partial charge is 0.366 e. The molecule has 1 aliphatic carbocycles. The first kappa shape index (κ1) is 18.8. The summed E-state index contributed by atoms with van der Waals surface area (Å²) >= 11 is 0. The van der Waals surface area contributed by atoms with Crippen molar-refractivity contribution in [3.8, 4) is 11.1 Å². The van der Waals surface area contributed by atoms with E-state index >= 15 is 0 Å². The third-order valence-corrected chi connectivity index (χ3v) is 6.16. The predicted molar refractivity (Wildman–Crippen MR) is 121 cm³/mol. The SMILES string of the molecule is NC(=O)c1ccc(C2(c3ccc(C(N)=O)cc3)c3ccccc3-c3ccccc32)cc1. The van der Waals surface area contributed by atoms with Gasteiger partial charge in [-0.2, -0.15) is 0 Å². The van der Waals surface area contributed by atoms with Crippen molar-refractivity contribution in [2.75, 3.05) is 0 Å². The molecule has 0 saturated heterocycles. The highest BCUT2D eigenvalue weighted by Crippen LogP contribution is 2.55. The van der Waals surface area contributed by atoms with Crippen molar-refractivity contribution in [3.05, 3.63) is 130 Å². The number of primary amides is 2. The van der Waals surface area contributed by atoms with Crippen LogP contribution >= 0.6 is 0 Å². The molecule has 2 amide bonds. The van der Waals surface area contributed by atoms with E-state index in [0.29, 0.717) is 11.1 Å². The lowest BCUT2D eigenvalue weighted by Crippen LogP contribution is -2.29. The van der Waals surface area contributed by atoms with Crippen molar-refractivity contribution in [1.29, 1.82) is 0 Å². The molecule has 0 saturated carbocycles. The molecule has 4 aromatic rings. The van der Waals surface area contributed by atoms with Crippen molar-refractivity contribution in [1.82, 2.24) is 0 Å². The Morgan fingerprint density at radius 1 is 0.516 bits per heavy atom. The predicted octanol–water partition coefficient (Wildman–Crippen LogP) is 4.25. The summed E-state index contributed by atoms with van der Waals surface area (Å²) in [5, 5.41) is 0. The van der Waals surface area contributed by atoms with Crippen LogP contribution in [0.3, 0.4) is 0 Å². The van der Waals surface area contributed by atoms with Crippen LogP contribution in [-0.2, 0) is 5.41 Å². The van der Waals surface area contributed by atoms with Crippen LogP contribution in [0.1, 0.15) is 43.0 Å². The van der Waals surface area contributed by atoms with E-state index in [1.807, 2.05) is 48.5 Å². The van der Waals surface area contributed by atoms with Gasteiger partial charge in [-0.3, -0.25) is 9.59 Å². The molecule has 150 valence electrons. The molecule has 4 heteroatoms. The summed E-state index contributed by atoms with van der Waals surface area (Å²) in [4.78, 5) is 23.3. The molecule has 0 spiro atoms. The highest BCUT2D eigenvalue weighted by atomic mass is 16.1. The number of carbonyl (C=O) groups is 2. The van der Waals surface area contributed by atoms with Gasteiger partial charge < -0.3 is 11.5 Å². The Labute approximate surface area is 180 Å². The highest BCUT2D eigenvalue weighted by molar-refractivity contribution is 5.94. The number of fused-ring (bicyclic) bond motifs is 3. The molecule has 0 heterocycles. The Bertz CT molecular complexity index is 1220. The fraction of sp³-hybridized carbons (Fsp3) is 0.0370. The van der Waals surface area contributed by atoms with E-state index in [4.69, 9.17) is 11.5 Å². The van der Waals surface area contributed by atoms with Gasteiger partial charge in [-0.05, 0) is 57.6 Å². The Balaban J connectivity index is 1.86. The Morgan fingerprint density at radius 3 is 1.23 bits per heavy atom. The van der Waals surface area contributed by atoms with E-state index in [9.17, 15) is 9.59 Å². The fourth-order valence-electron chi connectivity index (χ4n) is 4.79. The Morgan fingerprint density at radius 2 is 0.871 bits per heavy atom. The fourth-order valence-corrected chi connectivity index (χ4v) is 4.79. The van der Waals surface area contributed by atoms with Crippen molar-refractivity contribution < 1.29 is 9.59 Å². The summed E-state index contributed by atoms with van der Waals surface area (Å²) in [6.07, 6.45) is 0. The molecule has 5 rings (SSSR count). The minimum atomic E-state index is -0.598. The molecule has 0 aliphatic heterocycles. The number of amides is 2. The maximum atomic E-state index is 11.7. The third kappa shape index (κ3) is 2.69. The van der Waals surface area contributed by atoms with Crippen molar-refractivity contribution in [2.45, 2.75) is 5.41 Å². The van der Waals surface area contributed by atoms with Gasteiger partial charge in [0.2, 0.25) is 11.8 Å². The lowest BCUT2D eigenvalue weighted by Gasteiger charge is -2.34. The summed E-state index contributed by atoms with van der Waals surface area (Å²) < 4.78 is 0. The molecule has 0 unspecified atom stereocenters. The van der Waals surface area contributed by atoms with Crippen LogP contribution in [0.15, 0.2) is 97.1 Å². The minimum absolute atomic E-state index is 0.460. The summed E-state index contributed by atoms with van der Waals surface area (Å²) in [6, 6.07) is 31.6. The molecule has 0 aromatic heterocycles. The molecule has 0 atom stereocenters. The zero-order chi connectivity index (χ0) is 21.6. The monoisotopic (exact) mass is 404 g/mol. The Hall–Kier alpha value is -4.18. The third-order valence-electron chi connectivity index (χ3n) is 6.16. The molecule has 0 radical (unpaired) electrons. The van der Waals surface area contributed by atoms with Gasteiger partial charge in [0.25, 0.3) is 0 Å². The summed E-state index contributed by atoms with van der Waals surface area (Å²) in [7, 11) is 0. The molecule has 0 fully saturated rings. The van der Waals surface area contributed by atoms with E-state index in [0.717, 1.165) is 33.4 Å². The van der Waals surface area contributed by atoms with Crippen LogP contribution in [0.5, 0.6) is 0 Å². The second-order valence-electron chi connectivity index (χ2n) is 7.72. The molecule has 0 bridgehead atoms. The van der Waals surface area contributed by atoms with Crippen molar-refractivity contribution >= 4 is 11.8 Å². The second kappa shape index (κ2) is 6.96. The first-order valence-corrected chi connectivity index (χ1v) is 10.0. The molecule has 31 heavy (non-hydrogen) atoms. The summed E-state index contributed by atoms with van der Waals surface area (Å²) in [5.41, 5.74) is 17.9. The van der Waals surface area contributed by atoms with Gasteiger partial charge in [-0.25, -0.2) is 0 Å². The van der Waals surface area contributed by atoms with Crippen LogP contribution in [0.4, 0.5) is 0 Å². The van der Waals surface area contributed by atoms with Crippen LogP contribution in [0.2, 0.25) is 0 Å². The van der Waals surface area contributed by atoms with Crippen LogP contribution in [-0.4, -0.2) is 11.8 Å². The van der Waals surface area contributed by atoms with Gasteiger partial charge >= 0.3 is 0 Å². The normalized spacial score (nSPS) is 13.3. The molecule has 4 nitrogen and oxygen atoms in total. The van der Waals surface area contributed by atoms with Crippen molar-refractivity contribution in [3.63, 3.8) is 0 Å². The average Bonchev–Trinajstić information content (AvgIpc) is 3.11.